The molecule has 0 spiro atoms. The summed E-state index contributed by atoms with van der Waals surface area (Å²) in [6.07, 6.45) is 1.99. The van der Waals surface area contributed by atoms with Crippen LogP contribution in [0.2, 0.25) is 0 Å². The van der Waals surface area contributed by atoms with Crippen molar-refractivity contribution in [3.63, 3.8) is 0 Å². The molecule has 1 fully saturated rings. The Labute approximate surface area is 139 Å². The Morgan fingerprint density at radius 3 is 2.61 bits per heavy atom. The van der Waals surface area contributed by atoms with Gasteiger partial charge in [0, 0.05) is 17.7 Å². The van der Waals surface area contributed by atoms with Crippen LogP contribution in [0.15, 0.2) is 41.4 Å². The van der Waals surface area contributed by atoms with Crippen molar-refractivity contribution in [3.05, 3.63) is 42.1 Å². The fourth-order valence-corrected chi connectivity index (χ4v) is 2.77. The zero-order valence-corrected chi connectivity index (χ0v) is 13.9. The van der Waals surface area contributed by atoms with Crippen molar-refractivity contribution in [1.82, 2.24) is 10.6 Å². The van der Waals surface area contributed by atoms with Crippen LogP contribution in [0, 0.1) is 5.92 Å². The lowest BCUT2D eigenvalue weighted by atomic mass is 9.89. The molecule has 6 nitrogen and oxygen atoms in total. The van der Waals surface area contributed by atoms with Crippen LogP contribution in [0.4, 0.5) is 4.79 Å². The van der Waals surface area contributed by atoms with Gasteiger partial charge in [-0.1, -0.05) is 18.7 Å². The van der Waals surface area contributed by atoms with Gasteiger partial charge in [-0.2, -0.15) is 0 Å². The van der Waals surface area contributed by atoms with Crippen molar-refractivity contribution < 1.29 is 19.1 Å². The van der Waals surface area contributed by atoms with Gasteiger partial charge in [-0.15, -0.1) is 11.8 Å². The smallest absolute Gasteiger partial charge is 0.319 e. The van der Waals surface area contributed by atoms with E-state index in [0.717, 1.165) is 10.5 Å². The number of hydrogen-bond donors (Lipinski definition) is 2. The summed E-state index contributed by atoms with van der Waals surface area (Å²) in [6, 6.07) is 6.79. The lowest BCUT2D eigenvalue weighted by Crippen LogP contribution is -2.51. The summed E-state index contributed by atoms with van der Waals surface area (Å²) in [6.45, 7) is 4.27. The fourth-order valence-electron chi connectivity index (χ4n) is 2.37. The Balaban J connectivity index is 2.21. The second kappa shape index (κ2) is 8.03. The SMILES string of the molecule is C=C1NC(=O)N[C@H](c2ccc(SC)cc2)[C@H]1C(=O)OCCOC. The van der Waals surface area contributed by atoms with Gasteiger partial charge in [0.1, 0.15) is 12.5 Å². The molecule has 0 saturated carbocycles. The normalized spacial score (nSPS) is 20.6. The summed E-state index contributed by atoms with van der Waals surface area (Å²) in [5.41, 5.74) is 1.16. The number of urea groups is 1. The largest absolute Gasteiger partial charge is 0.463 e. The van der Waals surface area contributed by atoms with Gasteiger partial charge in [0.2, 0.25) is 0 Å². The van der Waals surface area contributed by atoms with Crippen LogP contribution in [0.25, 0.3) is 0 Å². The first kappa shape index (κ1) is 17.4. The van der Waals surface area contributed by atoms with Crippen molar-refractivity contribution in [3.8, 4) is 0 Å². The van der Waals surface area contributed by atoms with Crippen LogP contribution in [-0.2, 0) is 14.3 Å². The summed E-state index contributed by atoms with van der Waals surface area (Å²) >= 11 is 1.62. The van der Waals surface area contributed by atoms with E-state index in [1.807, 2.05) is 30.5 Å². The van der Waals surface area contributed by atoms with E-state index in [-0.39, 0.29) is 12.6 Å². The molecular formula is C16H20N2O4S. The lowest BCUT2D eigenvalue weighted by molar-refractivity contribution is -0.149. The third-order valence-electron chi connectivity index (χ3n) is 3.53. The number of rotatable bonds is 6. The molecule has 2 rings (SSSR count). The maximum absolute atomic E-state index is 12.4. The van der Waals surface area contributed by atoms with Crippen molar-refractivity contribution in [1.29, 1.82) is 0 Å². The third kappa shape index (κ3) is 4.27. The standard InChI is InChI=1S/C16H20N2O4S/c1-10-13(15(19)22-9-8-21-2)14(18-16(20)17-10)11-4-6-12(23-3)7-5-11/h4-7,13-14H,1,8-9H2,2-3H3,(H2,17,18,20)/t13-,14+/m0/s1. The average Bonchev–Trinajstić information content (AvgIpc) is 2.54. The van der Waals surface area contributed by atoms with Gasteiger partial charge in [0.25, 0.3) is 0 Å². The molecule has 1 aromatic carbocycles. The number of hydrogen-bond acceptors (Lipinski definition) is 5. The first-order valence-electron chi connectivity index (χ1n) is 7.12. The van der Waals surface area contributed by atoms with E-state index in [4.69, 9.17) is 9.47 Å². The van der Waals surface area contributed by atoms with Crippen LogP contribution in [0.1, 0.15) is 11.6 Å². The van der Waals surface area contributed by atoms with Gasteiger partial charge < -0.3 is 20.1 Å². The highest BCUT2D eigenvalue weighted by atomic mass is 32.2. The maximum atomic E-state index is 12.4. The Bertz CT molecular complexity index is 588. The van der Waals surface area contributed by atoms with E-state index in [1.165, 1.54) is 7.11 Å². The maximum Gasteiger partial charge on any atom is 0.319 e. The van der Waals surface area contributed by atoms with Gasteiger partial charge in [0.05, 0.1) is 12.6 Å². The van der Waals surface area contributed by atoms with E-state index in [2.05, 4.69) is 17.2 Å². The number of esters is 1. The first-order chi connectivity index (χ1) is 11.1. The second-order valence-corrected chi connectivity index (χ2v) is 5.89. The molecule has 0 unspecified atom stereocenters. The Morgan fingerprint density at radius 1 is 1.30 bits per heavy atom. The average molecular weight is 336 g/mol. The first-order valence-corrected chi connectivity index (χ1v) is 8.35. The lowest BCUT2D eigenvalue weighted by Gasteiger charge is -2.33. The number of amides is 2. The second-order valence-electron chi connectivity index (χ2n) is 5.01. The minimum Gasteiger partial charge on any atom is -0.463 e. The van der Waals surface area contributed by atoms with Crippen LogP contribution in [0.3, 0.4) is 0 Å². The van der Waals surface area contributed by atoms with Gasteiger partial charge in [-0.05, 0) is 24.0 Å². The number of ether oxygens (including phenoxy) is 2. The number of carbonyl (C=O) groups excluding carboxylic acids is 2. The summed E-state index contributed by atoms with van der Waals surface area (Å²) in [4.78, 5) is 25.2. The Kier molecular flexibility index (Phi) is 6.06. The third-order valence-corrected chi connectivity index (χ3v) is 4.27. The number of carbonyl (C=O) groups is 2. The molecule has 23 heavy (non-hydrogen) atoms. The minimum absolute atomic E-state index is 0.158. The molecule has 1 aliphatic rings. The molecule has 1 heterocycles. The van der Waals surface area contributed by atoms with Crippen molar-refractivity contribution in [2.24, 2.45) is 5.92 Å². The summed E-state index contributed by atoms with van der Waals surface area (Å²) in [5.74, 6) is -1.14. The number of thioether (sulfide) groups is 1. The number of benzene rings is 1. The highest BCUT2D eigenvalue weighted by molar-refractivity contribution is 7.98. The molecule has 0 aliphatic carbocycles. The summed E-state index contributed by atoms with van der Waals surface area (Å²) in [7, 11) is 1.53. The van der Waals surface area contributed by atoms with E-state index in [9.17, 15) is 9.59 Å². The molecule has 1 saturated heterocycles. The summed E-state index contributed by atoms with van der Waals surface area (Å²) in [5, 5.41) is 5.31. The molecule has 0 radical (unpaired) electrons. The molecule has 2 atom stereocenters. The molecule has 0 bridgehead atoms. The van der Waals surface area contributed by atoms with Crippen LogP contribution >= 0.6 is 11.8 Å². The molecule has 1 aliphatic heterocycles. The molecule has 1 aromatic rings. The van der Waals surface area contributed by atoms with E-state index in [0.29, 0.717) is 12.3 Å². The van der Waals surface area contributed by atoms with Gasteiger partial charge in [-0.3, -0.25) is 4.79 Å². The van der Waals surface area contributed by atoms with Gasteiger partial charge in [-0.25, -0.2) is 4.79 Å². The monoisotopic (exact) mass is 336 g/mol. The molecule has 0 aromatic heterocycles. The Hall–Kier alpha value is -1.99. The highest BCUT2D eigenvalue weighted by Crippen LogP contribution is 2.31. The zero-order valence-electron chi connectivity index (χ0n) is 13.1. The predicted octanol–water partition coefficient (Wildman–Crippen LogP) is 2.08. The van der Waals surface area contributed by atoms with Gasteiger partial charge >= 0.3 is 12.0 Å². The van der Waals surface area contributed by atoms with E-state index in [1.54, 1.807) is 11.8 Å². The van der Waals surface area contributed by atoms with Crippen LogP contribution in [0.5, 0.6) is 0 Å². The highest BCUT2D eigenvalue weighted by Gasteiger charge is 2.38. The molecular weight excluding hydrogens is 316 g/mol. The number of nitrogens with one attached hydrogen (secondary N) is 2. The predicted molar refractivity (Wildman–Crippen MR) is 88.1 cm³/mol. The van der Waals surface area contributed by atoms with Crippen molar-refractivity contribution >= 4 is 23.8 Å². The molecule has 2 amide bonds. The quantitative estimate of drug-likeness (QED) is 0.472. The van der Waals surface area contributed by atoms with Crippen molar-refractivity contribution in [2.75, 3.05) is 26.6 Å². The summed E-state index contributed by atoms with van der Waals surface area (Å²) < 4.78 is 10.1. The van der Waals surface area contributed by atoms with Crippen molar-refractivity contribution in [2.45, 2.75) is 10.9 Å². The van der Waals surface area contributed by atoms with Gasteiger partial charge in [0.15, 0.2) is 0 Å². The zero-order chi connectivity index (χ0) is 16.8. The fraction of sp³-hybridized carbons (Fsp3) is 0.375. The molecule has 7 heteroatoms. The van der Waals surface area contributed by atoms with Crippen LogP contribution < -0.4 is 10.6 Å². The minimum atomic E-state index is -0.690. The van der Waals surface area contributed by atoms with E-state index < -0.39 is 17.9 Å². The van der Waals surface area contributed by atoms with E-state index >= 15 is 0 Å². The topological polar surface area (TPSA) is 76.7 Å². The Morgan fingerprint density at radius 2 is 2.00 bits per heavy atom. The number of methoxy groups -OCH3 is 1. The molecule has 2 N–H and O–H groups in total. The molecule has 124 valence electrons. The van der Waals surface area contributed by atoms with Crippen LogP contribution in [-0.4, -0.2) is 38.6 Å².